The van der Waals surface area contributed by atoms with Gasteiger partial charge in [0.1, 0.15) is 10.1 Å². The summed E-state index contributed by atoms with van der Waals surface area (Å²) in [7, 11) is 1.63. The highest BCUT2D eigenvalue weighted by Crippen LogP contribution is 2.34. The molecule has 0 unspecified atom stereocenters. The molecule has 1 amide bonds. The van der Waals surface area contributed by atoms with Gasteiger partial charge in [-0.05, 0) is 58.1 Å². The van der Waals surface area contributed by atoms with E-state index in [0.29, 0.717) is 15.8 Å². The fraction of sp³-hybridized carbons (Fsp3) is 0.200. The van der Waals surface area contributed by atoms with Gasteiger partial charge in [0.15, 0.2) is 0 Å². The largest absolute Gasteiger partial charge is 0.496 e. The Morgan fingerprint density at radius 3 is 2.69 bits per heavy atom. The highest BCUT2D eigenvalue weighted by atomic mass is 79.9. The minimum absolute atomic E-state index is 0.0139. The topological polar surface area (TPSA) is 29.5 Å². The zero-order valence-electron chi connectivity index (χ0n) is 14.3. The molecule has 1 aliphatic rings. The Morgan fingerprint density at radius 1 is 1.23 bits per heavy atom. The highest BCUT2D eigenvalue weighted by molar-refractivity contribution is 9.10. The van der Waals surface area contributed by atoms with Crippen LogP contribution in [0.2, 0.25) is 0 Å². The number of halogens is 1. The lowest BCUT2D eigenvalue weighted by Crippen LogP contribution is -2.29. The molecule has 0 aromatic heterocycles. The predicted octanol–water partition coefficient (Wildman–Crippen LogP) is 5.29. The van der Waals surface area contributed by atoms with Crippen molar-refractivity contribution >= 4 is 56.2 Å². The van der Waals surface area contributed by atoms with Gasteiger partial charge >= 0.3 is 0 Å². The molecule has 0 saturated carbocycles. The van der Waals surface area contributed by atoms with Crippen molar-refractivity contribution in [2.75, 3.05) is 13.7 Å². The van der Waals surface area contributed by atoms with E-state index in [2.05, 4.69) is 28.1 Å². The number of thiocarbonyl (C=S) groups is 1. The average molecular weight is 448 g/mol. The van der Waals surface area contributed by atoms with E-state index in [1.165, 1.54) is 17.3 Å². The van der Waals surface area contributed by atoms with Gasteiger partial charge in [-0.2, -0.15) is 0 Å². The molecule has 1 heterocycles. The number of benzene rings is 2. The van der Waals surface area contributed by atoms with Crippen molar-refractivity contribution in [2.45, 2.75) is 12.8 Å². The number of hydrogen-bond acceptors (Lipinski definition) is 4. The van der Waals surface area contributed by atoms with E-state index in [1.54, 1.807) is 12.0 Å². The van der Waals surface area contributed by atoms with Crippen LogP contribution in [0, 0.1) is 0 Å². The van der Waals surface area contributed by atoms with Crippen molar-refractivity contribution in [3.05, 3.63) is 69.0 Å². The van der Waals surface area contributed by atoms with Crippen LogP contribution in [0.4, 0.5) is 0 Å². The van der Waals surface area contributed by atoms with Crippen molar-refractivity contribution in [2.24, 2.45) is 0 Å². The van der Waals surface area contributed by atoms with Crippen molar-refractivity contribution in [1.82, 2.24) is 4.90 Å². The zero-order chi connectivity index (χ0) is 18.5. The fourth-order valence-electron chi connectivity index (χ4n) is 2.70. The molecular weight excluding hydrogens is 430 g/mol. The molecule has 1 fully saturated rings. The number of methoxy groups -OCH3 is 1. The summed E-state index contributed by atoms with van der Waals surface area (Å²) in [6, 6.07) is 16.0. The van der Waals surface area contributed by atoms with Crippen LogP contribution in [0.25, 0.3) is 6.08 Å². The third kappa shape index (κ3) is 4.55. The Bertz CT molecular complexity index is 852. The van der Waals surface area contributed by atoms with Crippen molar-refractivity contribution in [3.63, 3.8) is 0 Å². The molecule has 0 N–H and O–H groups in total. The fourth-order valence-corrected chi connectivity index (χ4v) is 4.57. The molecule has 0 atom stereocenters. The second-order valence-corrected chi connectivity index (χ2v) is 8.35. The smallest absolute Gasteiger partial charge is 0.266 e. The van der Waals surface area contributed by atoms with Crippen LogP contribution in [0.3, 0.4) is 0 Å². The second kappa shape index (κ2) is 8.84. The lowest BCUT2D eigenvalue weighted by atomic mass is 10.1. The van der Waals surface area contributed by atoms with E-state index in [1.807, 2.05) is 42.5 Å². The van der Waals surface area contributed by atoms with E-state index in [9.17, 15) is 4.79 Å². The van der Waals surface area contributed by atoms with Gasteiger partial charge in [0.25, 0.3) is 5.91 Å². The van der Waals surface area contributed by atoms with Crippen LogP contribution >= 0.6 is 39.9 Å². The maximum atomic E-state index is 12.7. The van der Waals surface area contributed by atoms with Crippen molar-refractivity contribution in [3.8, 4) is 5.75 Å². The number of thioether (sulfide) groups is 1. The Balaban J connectivity index is 1.65. The third-order valence-electron chi connectivity index (χ3n) is 4.04. The molecule has 0 spiro atoms. The van der Waals surface area contributed by atoms with E-state index in [0.717, 1.165) is 28.6 Å². The quantitative estimate of drug-likeness (QED) is 0.444. The van der Waals surface area contributed by atoms with Crippen LogP contribution in [0.15, 0.2) is 57.9 Å². The van der Waals surface area contributed by atoms with Gasteiger partial charge in [0, 0.05) is 6.54 Å². The Kier molecular flexibility index (Phi) is 6.51. The Hall–Kier alpha value is -1.63. The number of carbonyl (C=O) groups is 1. The molecule has 26 heavy (non-hydrogen) atoms. The standard InChI is InChI=1S/C20H18BrNO2S2/c1-24-17-10-9-15(12-16(17)21)13-18-19(23)22(20(25)26-18)11-5-8-14-6-3-2-4-7-14/h2-4,6-7,9-10,12-13H,5,8,11H2,1H3/b18-13-. The van der Waals surface area contributed by atoms with Gasteiger partial charge in [0.2, 0.25) is 0 Å². The zero-order valence-corrected chi connectivity index (χ0v) is 17.5. The Labute approximate surface area is 171 Å². The van der Waals surface area contributed by atoms with Gasteiger partial charge in [-0.15, -0.1) is 0 Å². The number of ether oxygens (including phenoxy) is 1. The summed E-state index contributed by atoms with van der Waals surface area (Å²) in [5.74, 6) is 0.746. The van der Waals surface area contributed by atoms with Crippen LogP contribution in [0.5, 0.6) is 5.75 Å². The summed E-state index contributed by atoms with van der Waals surface area (Å²) in [5, 5.41) is 0. The van der Waals surface area contributed by atoms with E-state index >= 15 is 0 Å². The summed E-state index contributed by atoms with van der Waals surface area (Å²) >= 11 is 10.2. The number of carbonyl (C=O) groups excluding carboxylic acids is 1. The lowest BCUT2D eigenvalue weighted by Gasteiger charge is -2.14. The molecule has 0 bridgehead atoms. The van der Waals surface area contributed by atoms with Gasteiger partial charge in [-0.25, -0.2) is 0 Å². The molecular formula is C20H18BrNO2S2. The van der Waals surface area contributed by atoms with Gasteiger partial charge < -0.3 is 4.74 Å². The first-order chi connectivity index (χ1) is 12.6. The monoisotopic (exact) mass is 447 g/mol. The first kappa shape index (κ1) is 19.1. The Morgan fingerprint density at radius 2 is 2.00 bits per heavy atom. The molecule has 1 aliphatic heterocycles. The summed E-state index contributed by atoms with van der Waals surface area (Å²) in [5.41, 5.74) is 2.21. The molecule has 3 rings (SSSR count). The van der Waals surface area contributed by atoms with Crippen LogP contribution in [0.1, 0.15) is 17.5 Å². The van der Waals surface area contributed by atoms with Crippen molar-refractivity contribution in [1.29, 1.82) is 0 Å². The highest BCUT2D eigenvalue weighted by Gasteiger charge is 2.31. The van der Waals surface area contributed by atoms with E-state index < -0.39 is 0 Å². The molecule has 134 valence electrons. The normalized spacial score (nSPS) is 15.8. The summed E-state index contributed by atoms with van der Waals surface area (Å²) in [4.78, 5) is 15.0. The first-order valence-electron chi connectivity index (χ1n) is 8.21. The number of aryl methyl sites for hydroxylation is 1. The molecule has 1 saturated heterocycles. The van der Waals surface area contributed by atoms with Crippen LogP contribution in [-0.2, 0) is 11.2 Å². The summed E-state index contributed by atoms with van der Waals surface area (Å²) in [6.07, 6.45) is 3.70. The first-order valence-corrected chi connectivity index (χ1v) is 10.2. The lowest BCUT2D eigenvalue weighted by molar-refractivity contribution is -0.122. The van der Waals surface area contributed by atoms with Gasteiger partial charge in [0.05, 0.1) is 16.5 Å². The number of rotatable bonds is 6. The summed E-state index contributed by atoms with van der Waals surface area (Å²) < 4.78 is 6.72. The molecule has 2 aromatic carbocycles. The second-order valence-electron chi connectivity index (χ2n) is 5.82. The predicted molar refractivity (Wildman–Crippen MR) is 115 cm³/mol. The van der Waals surface area contributed by atoms with Gasteiger partial charge in [-0.3, -0.25) is 9.69 Å². The molecule has 3 nitrogen and oxygen atoms in total. The number of hydrogen-bond donors (Lipinski definition) is 0. The van der Waals surface area contributed by atoms with Crippen LogP contribution in [-0.4, -0.2) is 28.8 Å². The summed E-state index contributed by atoms with van der Waals surface area (Å²) in [6.45, 7) is 0.642. The molecule has 0 aliphatic carbocycles. The molecule has 2 aromatic rings. The molecule has 0 radical (unpaired) electrons. The minimum Gasteiger partial charge on any atom is -0.496 e. The number of amides is 1. The number of nitrogens with zero attached hydrogens (tertiary/aromatic N) is 1. The van der Waals surface area contributed by atoms with Crippen LogP contribution < -0.4 is 4.74 Å². The average Bonchev–Trinajstić information content (AvgIpc) is 2.90. The molecule has 6 heteroatoms. The third-order valence-corrected chi connectivity index (χ3v) is 6.03. The van der Waals surface area contributed by atoms with Crippen molar-refractivity contribution < 1.29 is 9.53 Å². The van der Waals surface area contributed by atoms with Gasteiger partial charge in [-0.1, -0.05) is 60.4 Å². The maximum absolute atomic E-state index is 12.7. The van der Waals surface area contributed by atoms with E-state index in [4.69, 9.17) is 17.0 Å². The van der Waals surface area contributed by atoms with E-state index in [-0.39, 0.29) is 5.91 Å². The maximum Gasteiger partial charge on any atom is 0.266 e. The minimum atomic E-state index is -0.0139. The SMILES string of the molecule is COc1ccc(/C=C2\SC(=S)N(CCCc3ccccc3)C2=O)cc1Br.